The van der Waals surface area contributed by atoms with Gasteiger partial charge in [-0.2, -0.15) is 5.10 Å². The van der Waals surface area contributed by atoms with Crippen LogP contribution in [0.1, 0.15) is 45.7 Å². The van der Waals surface area contributed by atoms with Gasteiger partial charge in [-0.15, -0.1) is 0 Å². The Labute approximate surface area is 113 Å². The lowest BCUT2D eigenvalue weighted by Crippen LogP contribution is -2.32. The topological polar surface area (TPSA) is 62.5 Å². The summed E-state index contributed by atoms with van der Waals surface area (Å²) in [6, 6.07) is 2.06. The van der Waals surface area contributed by atoms with Gasteiger partial charge in [0.2, 0.25) is 0 Å². The Kier molecular flexibility index (Phi) is 3.75. The van der Waals surface area contributed by atoms with Crippen molar-refractivity contribution in [2.24, 2.45) is 0 Å². The summed E-state index contributed by atoms with van der Waals surface area (Å²) in [4.78, 5) is 4.39. The van der Waals surface area contributed by atoms with Crippen LogP contribution in [0.2, 0.25) is 0 Å². The van der Waals surface area contributed by atoms with Crippen LogP contribution in [-0.4, -0.2) is 31.9 Å². The maximum atomic E-state index is 9.09. The first-order valence-electron chi connectivity index (χ1n) is 6.66. The average molecular weight is 262 g/mol. The number of anilines is 1. The van der Waals surface area contributed by atoms with Crippen molar-refractivity contribution < 1.29 is 5.11 Å². The van der Waals surface area contributed by atoms with Crippen molar-refractivity contribution >= 4 is 11.3 Å². The summed E-state index contributed by atoms with van der Waals surface area (Å²) < 4.78 is 1.85. The number of nitrogens with one attached hydrogen (secondary N) is 1. The zero-order valence-electron chi connectivity index (χ0n) is 12.0. The fourth-order valence-electron chi connectivity index (χ4n) is 1.98. The van der Waals surface area contributed by atoms with Crippen molar-refractivity contribution in [2.75, 3.05) is 11.9 Å². The maximum absolute atomic E-state index is 9.09. The molecule has 0 amide bonds. The second-order valence-electron chi connectivity index (χ2n) is 5.81. The second-order valence-corrected chi connectivity index (χ2v) is 5.81. The van der Waals surface area contributed by atoms with Gasteiger partial charge >= 0.3 is 0 Å². The van der Waals surface area contributed by atoms with Crippen molar-refractivity contribution in [3.8, 4) is 0 Å². The molecule has 0 saturated carbocycles. The van der Waals surface area contributed by atoms with Crippen molar-refractivity contribution in [2.45, 2.75) is 45.6 Å². The fourth-order valence-corrected chi connectivity index (χ4v) is 1.98. The Morgan fingerprint density at radius 3 is 2.79 bits per heavy atom. The molecular weight excluding hydrogens is 240 g/mol. The van der Waals surface area contributed by atoms with Gasteiger partial charge in [0.25, 0.3) is 0 Å². The zero-order valence-corrected chi connectivity index (χ0v) is 12.0. The Hall–Kier alpha value is -1.62. The van der Waals surface area contributed by atoms with E-state index in [0.29, 0.717) is 12.3 Å². The quantitative estimate of drug-likeness (QED) is 0.868. The zero-order chi connectivity index (χ0) is 14.0. The van der Waals surface area contributed by atoms with Gasteiger partial charge in [0.15, 0.2) is 5.82 Å². The molecule has 2 heterocycles. The Morgan fingerprint density at radius 2 is 2.16 bits per heavy atom. The summed E-state index contributed by atoms with van der Waals surface area (Å²) in [7, 11) is 0. The van der Waals surface area contributed by atoms with Crippen LogP contribution < -0.4 is 5.32 Å². The van der Waals surface area contributed by atoms with Gasteiger partial charge in [0.1, 0.15) is 5.52 Å². The molecule has 0 saturated heterocycles. The molecule has 0 unspecified atom stereocenters. The van der Waals surface area contributed by atoms with Crippen LogP contribution in [0.15, 0.2) is 18.5 Å². The van der Waals surface area contributed by atoms with Gasteiger partial charge in [-0.05, 0) is 32.3 Å². The van der Waals surface area contributed by atoms with Gasteiger partial charge < -0.3 is 10.4 Å². The van der Waals surface area contributed by atoms with Gasteiger partial charge in [-0.3, -0.25) is 0 Å². The highest BCUT2D eigenvalue weighted by Gasteiger charge is 2.19. The molecule has 0 radical (unpaired) electrons. The lowest BCUT2D eigenvalue weighted by Gasteiger charge is -2.26. The van der Waals surface area contributed by atoms with Gasteiger partial charge in [-0.25, -0.2) is 9.50 Å². The number of hydrogen-bond acceptors (Lipinski definition) is 4. The molecule has 19 heavy (non-hydrogen) atoms. The summed E-state index contributed by atoms with van der Waals surface area (Å²) in [6.07, 6.45) is 4.26. The van der Waals surface area contributed by atoms with E-state index in [9.17, 15) is 0 Å². The van der Waals surface area contributed by atoms with E-state index >= 15 is 0 Å². The highest BCUT2D eigenvalue weighted by atomic mass is 16.3. The third-order valence-electron chi connectivity index (χ3n) is 3.19. The van der Waals surface area contributed by atoms with Gasteiger partial charge in [-0.1, -0.05) is 13.8 Å². The molecule has 0 aliphatic rings. The van der Waals surface area contributed by atoms with E-state index in [4.69, 9.17) is 5.11 Å². The molecule has 104 valence electrons. The van der Waals surface area contributed by atoms with Crippen molar-refractivity contribution in [1.29, 1.82) is 0 Å². The smallest absolute Gasteiger partial charge is 0.152 e. The number of aliphatic hydroxyl groups is 1. The lowest BCUT2D eigenvalue weighted by molar-refractivity contribution is 0.260. The minimum atomic E-state index is -0.203. The number of rotatable bonds is 5. The van der Waals surface area contributed by atoms with Crippen LogP contribution in [0.4, 0.5) is 5.82 Å². The minimum Gasteiger partial charge on any atom is -0.396 e. The fraction of sp³-hybridized carbons (Fsp3) is 0.571. The minimum absolute atomic E-state index is 0.152. The lowest BCUT2D eigenvalue weighted by atomic mass is 10.0. The van der Waals surface area contributed by atoms with Crippen LogP contribution in [0, 0.1) is 0 Å². The predicted molar refractivity (Wildman–Crippen MR) is 76.5 cm³/mol. The molecule has 2 N–H and O–H groups in total. The molecule has 0 fully saturated rings. The highest BCUT2D eigenvalue weighted by molar-refractivity contribution is 5.68. The Morgan fingerprint density at radius 1 is 1.42 bits per heavy atom. The summed E-state index contributed by atoms with van der Waals surface area (Å²) >= 11 is 0. The van der Waals surface area contributed by atoms with Crippen LogP contribution in [0.5, 0.6) is 0 Å². The molecule has 2 aromatic rings. The Bertz CT molecular complexity index is 560. The van der Waals surface area contributed by atoms with E-state index in [-0.39, 0.29) is 12.1 Å². The molecule has 5 heteroatoms. The van der Waals surface area contributed by atoms with Crippen LogP contribution >= 0.6 is 0 Å². The standard InChI is InChI=1S/C14H22N4O/c1-10(2)11-9-12-13(15-6-7-18(12)17-11)16-14(3,4)5-8-19/h6-7,9-10,19H,5,8H2,1-4H3,(H,15,16). The van der Waals surface area contributed by atoms with E-state index in [1.54, 1.807) is 6.20 Å². The van der Waals surface area contributed by atoms with E-state index in [1.165, 1.54) is 0 Å². The van der Waals surface area contributed by atoms with Crippen molar-refractivity contribution in [1.82, 2.24) is 14.6 Å². The molecular formula is C14H22N4O. The Balaban J connectivity index is 2.38. The maximum Gasteiger partial charge on any atom is 0.152 e. The summed E-state index contributed by atoms with van der Waals surface area (Å²) in [5.74, 6) is 1.19. The monoisotopic (exact) mass is 262 g/mol. The van der Waals surface area contributed by atoms with Gasteiger partial charge in [0.05, 0.1) is 5.69 Å². The number of nitrogens with zero attached hydrogens (tertiary/aromatic N) is 3. The van der Waals surface area contributed by atoms with E-state index in [2.05, 4.69) is 35.3 Å². The molecule has 0 aliphatic heterocycles. The molecule has 0 aromatic carbocycles. The summed E-state index contributed by atoms with van der Waals surface area (Å²) in [5.41, 5.74) is 1.82. The first-order chi connectivity index (χ1) is 8.93. The first kappa shape index (κ1) is 13.8. The SMILES string of the molecule is CC(C)c1cc2c(NC(C)(C)CCO)nccn2n1. The van der Waals surface area contributed by atoms with E-state index in [1.807, 2.05) is 24.6 Å². The molecule has 2 aromatic heterocycles. The second kappa shape index (κ2) is 5.17. The average Bonchev–Trinajstić information content (AvgIpc) is 2.73. The van der Waals surface area contributed by atoms with E-state index in [0.717, 1.165) is 17.0 Å². The first-order valence-corrected chi connectivity index (χ1v) is 6.66. The van der Waals surface area contributed by atoms with Crippen LogP contribution in [-0.2, 0) is 0 Å². The van der Waals surface area contributed by atoms with Crippen molar-refractivity contribution in [3.05, 3.63) is 24.2 Å². The number of hydrogen-bond donors (Lipinski definition) is 2. The molecule has 5 nitrogen and oxygen atoms in total. The molecule has 0 atom stereocenters. The molecule has 2 rings (SSSR count). The highest BCUT2D eigenvalue weighted by Crippen LogP contribution is 2.23. The summed E-state index contributed by atoms with van der Waals surface area (Å²) in [6.45, 7) is 8.50. The normalized spacial score (nSPS) is 12.3. The number of fused-ring (bicyclic) bond motifs is 1. The predicted octanol–water partition coefficient (Wildman–Crippen LogP) is 2.43. The molecule has 0 spiro atoms. The third-order valence-corrected chi connectivity index (χ3v) is 3.19. The van der Waals surface area contributed by atoms with Crippen LogP contribution in [0.25, 0.3) is 5.52 Å². The van der Waals surface area contributed by atoms with Gasteiger partial charge in [0, 0.05) is 24.5 Å². The third kappa shape index (κ3) is 3.04. The van der Waals surface area contributed by atoms with E-state index < -0.39 is 0 Å². The van der Waals surface area contributed by atoms with Crippen LogP contribution in [0.3, 0.4) is 0 Å². The number of aromatic nitrogens is 3. The molecule has 0 bridgehead atoms. The summed E-state index contributed by atoms with van der Waals surface area (Å²) in [5, 5.41) is 17.0. The molecule has 0 aliphatic carbocycles. The van der Waals surface area contributed by atoms with Crippen molar-refractivity contribution in [3.63, 3.8) is 0 Å². The number of aliphatic hydroxyl groups excluding tert-OH is 1. The largest absolute Gasteiger partial charge is 0.396 e.